The number of carbonyl (C=O) groups excluding carboxylic acids is 4. The minimum Gasteiger partial charge on any atom is -0.381 e. The largest absolute Gasteiger partial charge is 0.381 e. The predicted molar refractivity (Wildman–Crippen MR) is 76.9 cm³/mol. The smallest absolute Gasteiger partial charge is 0.232 e. The highest BCUT2D eigenvalue weighted by Crippen LogP contribution is 2.56. The number of para-hydroxylation sites is 1. The fourth-order valence-corrected chi connectivity index (χ4v) is 4.89. The van der Waals surface area contributed by atoms with Crippen molar-refractivity contribution in [2.45, 2.75) is 12.0 Å². The van der Waals surface area contributed by atoms with Crippen LogP contribution >= 0.6 is 0 Å². The zero-order chi connectivity index (χ0) is 15.9. The Balaban J connectivity index is 1.72. The third-order valence-corrected chi connectivity index (χ3v) is 5.67. The standard InChI is InChI=1S/C16H13N3O4/c20-13-8-7-5-3-1-2-4-6(5)17-12(7)11-10(9(8)14(21)18-13)15(22)19-16(11)23/h1-4,7-12,17H,(H,18,20,21)(H,19,22,23). The number of carbonyl (C=O) groups is 4. The van der Waals surface area contributed by atoms with Crippen LogP contribution in [-0.4, -0.2) is 29.7 Å². The van der Waals surface area contributed by atoms with E-state index >= 15 is 0 Å². The van der Waals surface area contributed by atoms with Crippen molar-refractivity contribution in [2.24, 2.45) is 23.7 Å². The summed E-state index contributed by atoms with van der Waals surface area (Å²) in [5, 5.41) is 7.99. The average Bonchev–Trinajstić information content (AvgIpc) is 3.12. The van der Waals surface area contributed by atoms with Gasteiger partial charge in [-0.1, -0.05) is 18.2 Å². The number of imide groups is 2. The third-order valence-electron chi connectivity index (χ3n) is 5.67. The number of hydrogen-bond acceptors (Lipinski definition) is 5. The molecule has 5 rings (SSSR count). The molecule has 0 bridgehead atoms. The summed E-state index contributed by atoms with van der Waals surface area (Å²) in [6.45, 7) is 0. The van der Waals surface area contributed by atoms with Crippen molar-refractivity contribution in [2.75, 3.05) is 5.32 Å². The van der Waals surface area contributed by atoms with Gasteiger partial charge in [0.05, 0.1) is 23.7 Å². The van der Waals surface area contributed by atoms with Crippen LogP contribution < -0.4 is 16.0 Å². The highest BCUT2D eigenvalue weighted by atomic mass is 16.2. The Kier molecular flexibility index (Phi) is 2.22. The van der Waals surface area contributed by atoms with Gasteiger partial charge in [0.25, 0.3) is 0 Å². The molecule has 1 saturated carbocycles. The number of hydrogen-bond donors (Lipinski definition) is 3. The monoisotopic (exact) mass is 311 g/mol. The van der Waals surface area contributed by atoms with Gasteiger partial charge < -0.3 is 5.32 Å². The van der Waals surface area contributed by atoms with Gasteiger partial charge in [-0.15, -0.1) is 0 Å². The van der Waals surface area contributed by atoms with Crippen LogP contribution in [0.2, 0.25) is 0 Å². The first-order valence-corrected chi connectivity index (χ1v) is 7.63. The fourth-order valence-electron chi connectivity index (χ4n) is 4.89. The van der Waals surface area contributed by atoms with Crippen LogP contribution in [0.4, 0.5) is 5.69 Å². The number of benzene rings is 1. The number of anilines is 1. The van der Waals surface area contributed by atoms with E-state index in [1.165, 1.54) is 0 Å². The van der Waals surface area contributed by atoms with E-state index in [1.807, 2.05) is 24.3 Å². The summed E-state index contributed by atoms with van der Waals surface area (Å²) in [5.41, 5.74) is 1.80. The molecule has 23 heavy (non-hydrogen) atoms. The Morgan fingerprint density at radius 2 is 1.17 bits per heavy atom. The second-order valence-corrected chi connectivity index (χ2v) is 6.59. The summed E-state index contributed by atoms with van der Waals surface area (Å²) in [6.07, 6.45) is 0. The van der Waals surface area contributed by atoms with Crippen LogP contribution in [0.25, 0.3) is 0 Å². The van der Waals surface area contributed by atoms with Crippen LogP contribution in [0.15, 0.2) is 24.3 Å². The topological polar surface area (TPSA) is 104 Å². The fraction of sp³-hybridized carbons (Fsp3) is 0.375. The van der Waals surface area contributed by atoms with E-state index in [-0.39, 0.29) is 23.8 Å². The van der Waals surface area contributed by atoms with Crippen molar-refractivity contribution in [3.8, 4) is 0 Å². The van der Waals surface area contributed by atoms with Crippen LogP contribution in [0.1, 0.15) is 11.5 Å². The molecule has 3 aliphatic heterocycles. The van der Waals surface area contributed by atoms with E-state index in [0.29, 0.717) is 0 Å². The highest BCUT2D eigenvalue weighted by molar-refractivity contribution is 6.13. The quantitative estimate of drug-likeness (QED) is 0.553. The Morgan fingerprint density at radius 1 is 0.652 bits per heavy atom. The Hall–Kier alpha value is -2.70. The molecule has 0 radical (unpaired) electrons. The summed E-state index contributed by atoms with van der Waals surface area (Å²) in [7, 11) is 0. The summed E-state index contributed by atoms with van der Waals surface area (Å²) in [4.78, 5) is 49.2. The van der Waals surface area contributed by atoms with Gasteiger partial charge >= 0.3 is 0 Å². The summed E-state index contributed by atoms with van der Waals surface area (Å²) >= 11 is 0. The predicted octanol–water partition coefficient (Wildman–Crippen LogP) is -0.645. The SMILES string of the molecule is O=C1NC(=O)C2C1C1Nc3ccccc3C1C1C(=O)NC(=O)C21. The van der Waals surface area contributed by atoms with E-state index in [4.69, 9.17) is 0 Å². The van der Waals surface area contributed by atoms with Crippen molar-refractivity contribution >= 4 is 29.3 Å². The van der Waals surface area contributed by atoms with E-state index in [2.05, 4.69) is 16.0 Å². The first kappa shape index (κ1) is 12.8. The molecule has 7 heteroatoms. The highest BCUT2D eigenvalue weighted by Gasteiger charge is 2.66. The number of rotatable bonds is 0. The zero-order valence-electron chi connectivity index (χ0n) is 11.9. The maximum absolute atomic E-state index is 12.4. The Bertz CT molecular complexity index is 804. The van der Waals surface area contributed by atoms with Gasteiger partial charge in [0.2, 0.25) is 23.6 Å². The van der Waals surface area contributed by atoms with Crippen molar-refractivity contribution < 1.29 is 19.2 Å². The van der Waals surface area contributed by atoms with Crippen molar-refractivity contribution in [3.05, 3.63) is 29.8 Å². The molecule has 1 aromatic rings. The minimum absolute atomic E-state index is 0.277. The lowest BCUT2D eigenvalue weighted by atomic mass is 9.60. The first-order chi connectivity index (χ1) is 11.1. The maximum Gasteiger partial charge on any atom is 0.232 e. The van der Waals surface area contributed by atoms with Crippen molar-refractivity contribution in [3.63, 3.8) is 0 Å². The molecule has 2 saturated heterocycles. The molecular formula is C16H13N3O4. The molecule has 0 spiro atoms. The van der Waals surface area contributed by atoms with Crippen LogP contribution in [0, 0.1) is 23.7 Å². The van der Waals surface area contributed by atoms with Crippen molar-refractivity contribution in [1.82, 2.24) is 10.6 Å². The van der Waals surface area contributed by atoms with Gasteiger partial charge in [0.15, 0.2) is 0 Å². The number of nitrogens with one attached hydrogen (secondary N) is 3. The van der Waals surface area contributed by atoms with E-state index in [0.717, 1.165) is 11.3 Å². The lowest BCUT2D eigenvalue weighted by Crippen LogP contribution is -2.51. The molecular weight excluding hydrogens is 298 g/mol. The van der Waals surface area contributed by atoms with Crippen molar-refractivity contribution in [1.29, 1.82) is 0 Å². The number of amides is 4. The molecule has 4 aliphatic rings. The summed E-state index contributed by atoms with van der Waals surface area (Å²) in [5.74, 6) is -4.66. The number of fused-ring (bicyclic) bond motifs is 8. The second kappa shape index (κ2) is 3.98. The molecule has 6 unspecified atom stereocenters. The maximum atomic E-state index is 12.4. The van der Waals surface area contributed by atoms with Gasteiger partial charge in [-0.3, -0.25) is 29.8 Å². The van der Waals surface area contributed by atoms with Gasteiger partial charge in [0, 0.05) is 17.6 Å². The Morgan fingerprint density at radius 3 is 1.87 bits per heavy atom. The molecule has 0 aromatic heterocycles. The van der Waals surface area contributed by atoms with Crippen LogP contribution in [0.3, 0.4) is 0 Å². The molecule has 3 heterocycles. The molecule has 6 atom stereocenters. The van der Waals surface area contributed by atoms with Crippen LogP contribution in [0.5, 0.6) is 0 Å². The first-order valence-electron chi connectivity index (χ1n) is 7.63. The van der Waals surface area contributed by atoms with Gasteiger partial charge in [-0.2, -0.15) is 0 Å². The zero-order valence-corrected chi connectivity index (χ0v) is 11.9. The van der Waals surface area contributed by atoms with Gasteiger partial charge in [0.1, 0.15) is 0 Å². The van der Waals surface area contributed by atoms with E-state index in [1.54, 1.807) is 0 Å². The molecule has 4 amide bonds. The van der Waals surface area contributed by atoms with Gasteiger partial charge in [-0.05, 0) is 11.6 Å². The molecule has 116 valence electrons. The molecule has 3 fully saturated rings. The molecule has 1 aliphatic carbocycles. The summed E-state index contributed by atoms with van der Waals surface area (Å²) < 4.78 is 0. The Labute approximate surface area is 130 Å². The molecule has 3 N–H and O–H groups in total. The normalized spacial score (nSPS) is 39.8. The average molecular weight is 311 g/mol. The second-order valence-electron chi connectivity index (χ2n) is 6.59. The van der Waals surface area contributed by atoms with E-state index in [9.17, 15) is 19.2 Å². The van der Waals surface area contributed by atoms with Crippen LogP contribution in [-0.2, 0) is 19.2 Å². The molecule has 1 aromatic carbocycles. The van der Waals surface area contributed by atoms with E-state index < -0.39 is 35.5 Å². The molecule has 7 nitrogen and oxygen atoms in total. The minimum atomic E-state index is -0.776. The lowest BCUT2D eigenvalue weighted by Gasteiger charge is -2.39. The summed E-state index contributed by atoms with van der Waals surface area (Å²) in [6, 6.07) is 7.20. The lowest BCUT2D eigenvalue weighted by molar-refractivity contribution is -0.135. The van der Waals surface area contributed by atoms with Gasteiger partial charge in [-0.25, -0.2) is 0 Å². The third kappa shape index (κ3) is 1.40.